The second-order valence-corrected chi connectivity index (χ2v) is 9.69. The number of carbonyl (C=O) groups excluding carboxylic acids is 3. The maximum absolute atomic E-state index is 12.8. The fourth-order valence-electron chi connectivity index (χ4n) is 3.58. The molecule has 204 valence electrons. The first-order valence-corrected chi connectivity index (χ1v) is 12.9. The Balaban J connectivity index is 0.00000420. The van der Waals surface area contributed by atoms with Crippen molar-refractivity contribution in [2.24, 2.45) is 0 Å². The van der Waals surface area contributed by atoms with Crippen molar-refractivity contribution in [1.29, 1.82) is 0 Å². The molecule has 0 atom stereocenters. The summed E-state index contributed by atoms with van der Waals surface area (Å²) < 4.78 is 8.69. The highest BCUT2D eigenvalue weighted by molar-refractivity contribution is 9.10. The van der Waals surface area contributed by atoms with Gasteiger partial charge in [-0.1, -0.05) is 41.4 Å². The van der Waals surface area contributed by atoms with E-state index in [0.717, 1.165) is 10.3 Å². The van der Waals surface area contributed by atoms with Crippen LogP contribution in [0.15, 0.2) is 65.4 Å². The highest BCUT2D eigenvalue weighted by atomic mass is 79.9. The van der Waals surface area contributed by atoms with Gasteiger partial charge in [-0.05, 0) is 59.3 Å². The first kappa shape index (κ1) is 30.2. The Morgan fingerprint density at radius 2 is 1.79 bits per heavy atom. The molecule has 0 unspecified atom stereocenters. The van der Waals surface area contributed by atoms with Gasteiger partial charge in [-0.25, -0.2) is 9.78 Å². The number of amides is 4. The van der Waals surface area contributed by atoms with E-state index in [1.165, 1.54) is 11.9 Å². The maximum atomic E-state index is 12.8. The topological polar surface area (TPSA) is 105 Å². The van der Waals surface area contributed by atoms with E-state index in [1.54, 1.807) is 48.5 Å². The molecule has 0 spiro atoms. The molecular formula is C26H23BrCl3N5O4. The van der Waals surface area contributed by atoms with Crippen LogP contribution in [-0.4, -0.2) is 40.8 Å². The minimum Gasteiger partial charge on any atom is -0.485 e. The van der Waals surface area contributed by atoms with Crippen molar-refractivity contribution < 1.29 is 19.1 Å². The van der Waals surface area contributed by atoms with E-state index < -0.39 is 17.8 Å². The van der Waals surface area contributed by atoms with E-state index in [1.807, 2.05) is 23.6 Å². The lowest BCUT2D eigenvalue weighted by Crippen LogP contribution is -2.44. The number of ether oxygens (including phenoxy) is 1. The number of benzene rings is 2. The molecule has 0 aliphatic rings. The number of hydrogen-bond donors (Lipinski definition) is 2. The Hall–Kier alpha value is -3.31. The largest absolute Gasteiger partial charge is 0.485 e. The minimum atomic E-state index is -0.799. The van der Waals surface area contributed by atoms with Gasteiger partial charge in [0.05, 0.1) is 22.9 Å². The number of fused-ring (bicyclic) bond motifs is 1. The van der Waals surface area contributed by atoms with Gasteiger partial charge in [-0.15, -0.1) is 12.4 Å². The Morgan fingerprint density at radius 1 is 1.08 bits per heavy atom. The average Bonchev–Trinajstić information content (AvgIpc) is 3.21. The molecular weight excluding hydrogens is 633 g/mol. The summed E-state index contributed by atoms with van der Waals surface area (Å²) in [6, 6.07) is 14.3. The highest BCUT2D eigenvalue weighted by Crippen LogP contribution is 2.35. The Morgan fingerprint density at radius 3 is 2.51 bits per heavy atom. The molecule has 0 aliphatic heterocycles. The average molecular weight is 656 g/mol. The molecule has 0 aliphatic carbocycles. The van der Waals surface area contributed by atoms with Crippen LogP contribution >= 0.6 is 51.5 Å². The smallest absolute Gasteiger partial charge is 0.322 e. The number of aromatic nitrogens is 2. The van der Waals surface area contributed by atoms with Gasteiger partial charge in [0.1, 0.15) is 11.2 Å². The zero-order chi connectivity index (χ0) is 27.4. The number of hydrogen-bond acceptors (Lipinski definition) is 5. The number of carbonyl (C=O) groups is 3. The van der Waals surface area contributed by atoms with Crippen LogP contribution in [0.4, 0.5) is 10.5 Å². The summed E-state index contributed by atoms with van der Waals surface area (Å²) in [5.41, 5.74) is 2.61. The second-order valence-electron chi connectivity index (χ2n) is 8.16. The van der Waals surface area contributed by atoms with Crippen molar-refractivity contribution in [3.05, 3.63) is 92.3 Å². The van der Waals surface area contributed by atoms with E-state index in [0.29, 0.717) is 33.2 Å². The van der Waals surface area contributed by atoms with Crippen molar-refractivity contribution in [3.63, 3.8) is 0 Å². The number of urea groups is 1. The van der Waals surface area contributed by atoms with Crippen molar-refractivity contribution in [3.8, 4) is 5.75 Å². The van der Waals surface area contributed by atoms with Gasteiger partial charge in [0.2, 0.25) is 5.91 Å². The maximum Gasteiger partial charge on any atom is 0.322 e. The minimum absolute atomic E-state index is 0. The third-order valence-corrected chi connectivity index (χ3v) is 7.38. The van der Waals surface area contributed by atoms with E-state index in [9.17, 15) is 14.4 Å². The summed E-state index contributed by atoms with van der Waals surface area (Å²) in [6.07, 6.45) is 1.86. The van der Waals surface area contributed by atoms with Crippen molar-refractivity contribution >= 4 is 80.7 Å². The number of rotatable bonds is 7. The van der Waals surface area contributed by atoms with E-state index in [4.69, 9.17) is 27.9 Å². The molecule has 0 radical (unpaired) electrons. The molecule has 4 aromatic rings. The molecule has 0 fully saturated rings. The third kappa shape index (κ3) is 6.83. The number of imidazole rings is 1. The Bertz CT molecular complexity index is 1530. The molecule has 39 heavy (non-hydrogen) atoms. The number of imide groups is 1. The molecule has 0 saturated carbocycles. The van der Waals surface area contributed by atoms with Crippen LogP contribution in [0.5, 0.6) is 5.75 Å². The normalized spacial score (nSPS) is 10.5. The zero-order valence-corrected chi connectivity index (χ0v) is 24.6. The number of anilines is 1. The highest BCUT2D eigenvalue weighted by Gasteiger charge is 2.20. The predicted octanol–water partition coefficient (Wildman–Crippen LogP) is 5.82. The second kappa shape index (κ2) is 13.2. The standard InChI is InChI=1S/C26H22BrCl2N5O4.ClH/c1-15-23(27)34-12-6-9-20(24(34)31-15)38-14-17-18(28)10-11-19(22(17)29)33(2)21(35)13-30-26(37)32-25(36)16-7-4-3-5-8-16;/h3-12H,13-14H2,1-2H3,(H2,30,32,36,37);1H. The predicted molar refractivity (Wildman–Crippen MR) is 156 cm³/mol. The van der Waals surface area contributed by atoms with Crippen molar-refractivity contribution in [2.45, 2.75) is 13.5 Å². The van der Waals surface area contributed by atoms with Gasteiger partial charge in [-0.2, -0.15) is 0 Å². The van der Waals surface area contributed by atoms with Crippen LogP contribution in [0.3, 0.4) is 0 Å². The molecule has 2 N–H and O–H groups in total. The molecule has 2 aromatic heterocycles. The van der Waals surface area contributed by atoms with Crippen molar-refractivity contribution in [2.75, 3.05) is 18.5 Å². The fourth-order valence-corrected chi connectivity index (χ4v) is 4.57. The fraction of sp³-hybridized carbons (Fsp3) is 0.154. The third-order valence-electron chi connectivity index (χ3n) is 5.65. The van der Waals surface area contributed by atoms with Gasteiger partial charge in [0, 0.05) is 29.4 Å². The van der Waals surface area contributed by atoms with E-state index >= 15 is 0 Å². The van der Waals surface area contributed by atoms with Crippen LogP contribution < -0.4 is 20.3 Å². The Kier molecular flexibility index (Phi) is 10.2. The number of pyridine rings is 1. The quantitative estimate of drug-likeness (QED) is 0.261. The van der Waals surface area contributed by atoms with Crippen LogP contribution in [0.2, 0.25) is 10.0 Å². The van der Waals surface area contributed by atoms with Crippen LogP contribution in [0.25, 0.3) is 5.65 Å². The lowest BCUT2D eigenvalue weighted by Gasteiger charge is -2.21. The number of halogens is 4. The van der Waals surface area contributed by atoms with Gasteiger partial charge in [0.25, 0.3) is 5.91 Å². The van der Waals surface area contributed by atoms with Gasteiger partial charge in [0.15, 0.2) is 11.4 Å². The summed E-state index contributed by atoms with van der Waals surface area (Å²) >= 11 is 16.5. The first-order valence-electron chi connectivity index (χ1n) is 11.3. The van der Waals surface area contributed by atoms with Gasteiger partial charge in [-0.3, -0.25) is 19.3 Å². The number of likely N-dealkylation sites (N-methyl/N-ethyl adjacent to an activating group) is 1. The molecule has 9 nitrogen and oxygen atoms in total. The molecule has 4 rings (SSSR count). The Labute approximate surface area is 249 Å². The number of nitrogens with one attached hydrogen (secondary N) is 2. The summed E-state index contributed by atoms with van der Waals surface area (Å²) in [6.45, 7) is 1.54. The molecule has 13 heteroatoms. The van der Waals surface area contributed by atoms with E-state index in [2.05, 4.69) is 31.5 Å². The number of aryl methyl sites for hydroxylation is 1. The molecule has 2 heterocycles. The van der Waals surface area contributed by atoms with Crippen LogP contribution in [0.1, 0.15) is 21.6 Å². The summed E-state index contributed by atoms with van der Waals surface area (Å²) in [4.78, 5) is 42.8. The lowest BCUT2D eigenvalue weighted by molar-refractivity contribution is -0.117. The molecule has 2 aromatic carbocycles. The van der Waals surface area contributed by atoms with Crippen LogP contribution in [0, 0.1) is 6.92 Å². The van der Waals surface area contributed by atoms with Crippen LogP contribution in [-0.2, 0) is 11.4 Å². The van der Waals surface area contributed by atoms with E-state index in [-0.39, 0.29) is 30.6 Å². The summed E-state index contributed by atoms with van der Waals surface area (Å²) in [5.74, 6) is -0.516. The lowest BCUT2D eigenvalue weighted by atomic mass is 10.2. The van der Waals surface area contributed by atoms with Crippen molar-refractivity contribution in [1.82, 2.24) is 20.0 Å². The molecule has 0 saturated heterocycles. The SMILES string of the molecule is Cc1nc2c(OCc3c(Cl)ccc(N(C)C(=O)CNC(=O)NC(=O)c4ccccc4)c3Cl)cccn2c1Br.Cl. The summed E-state index contributed by atoms with van der Waals surface area (Å²) in [5, 5.41) is 5.15. The number of nitrogens with zero attached hydrogens (tertiary/aromatic N) is 3. The monoisotopic (exact) mass is 653 g/mol. The molecule has 0 bridgehead atoms. The molecule has 4 amide bonds. The first-order chi connectivity index (χ1) is 18.2. The van der Waals surface area contributed by atoms with Gasteiger partial charge < -0.3 is 15.0 Å². The summed E-state index contributed by atoms with van der Waals surface area (Å²) in [7, 11) is 1.52. The van der Waals surface area contributed by atoms with Gasteiger partial charge >= 0.3 is 6.03 Å². The zero-order valence-electron chi connectivity index (χ0n) is 20.7.